The number of methoxy groups -OCH3 is 1. The van der Waals surface area contributed by atoms with Crippen LogP contribution in [0.2, 0.25) is 0 Å². The first-order valence-corrected chi connectivity index (χ1v) is 6.68. The van der Waals surface area contributed by atoms with Gasteiger partial charge in [0.1, 0.15) is 11.4 Å². The SMILES string of the molecule is CCOC(=O)[C@H](O)[C@@](C)(O)COCc1ccc(OC)cc1. The van der Waals surface area contributed by atoms with Crippen LogP contribution < -0.4 is 4.74 Å². The number of ether oxygens (including phenoxy) is 3. The molecule has 0 amide bonds. The van der Waals surface area contributed by atoms with Gasteiger partial charge in [-0.2, -0.15) is 0 Å². The summed E-state index contributed by atoms with van der Waals surface area (Å²) in [4.78, 5) is 11.4. The lowest BCUT2D eigenvalue weighted by Crippen LogP contribution is -2.48. The zero-order valence-electron chi connectivity index (χ0n) is 12.5. The van der Waals surface area contributed by atoms with Gasteiger partial charge in [0, 0.05) is 0 Å². The molecule has 1 aromatic carbocycles. The van der Waals surface area contributed by atoms with Crippen molar-refractivity contribution in [3.05, 3.63) is 29.8 Å². The molecule has 6 heteroatoms. The van der Waals surface area contributed by atoms with Crippen molar-refractivity contribution in [2.24, 2.45) is 0 Å². The number of aliphatic hydroxyl groups is 2. The van der Waals surface area contributed by atoms with Crippen molar-refractivity contribution in [3.8, 4) is 5.75 Å². The van der Waals surface area contributed by atoms with E-state index in [1.807, 2.05) is 12.1 Å². The molecule has 21 heavy (non-hydrogen) atoms. The molecule has 0 aromatic heterocycles. The molecule has 1 rings (SSSR count). The van der Waals surface area contributed by atoms with Gasteiger partial charge in [-0.25, -0.2) is 4.79 Å². The van der Waals surface area contributed by atoms with E-state index in [4.69, 9.17) is 9.47 Å². The van der Waals surface area contributed by atoms with Crippen LogP contribution in [0.15, 0.2) is 24.3 Å². The smallest absolute Gasteiger partial charge is 0.338 e. The Kier molecular flexibility index (Phi) is 6.61. The molecule has 118 valence electrons. The minimum absolute atomic E-state index is 0.138. The van der Waals surface area contributed by atoms with Crippen LogP contribution in [0, 0.1) is 0 Å². The summed E-state index contributed by atoms with van der Waals surface area (Å²) in [5, 5.41) is 19.8. The first kappa shape index (κ1) is 17.4. The van der Waals surface area contributed by atoms with E-state index in [2.05, 4.69) is 4.74 Å². The van der Waals surface area contributed by atoms with Crippen LogP contribution in [0.25, 0.3) is 0 Å². The van der Waals surface area contributed by atoms with Crippen LogP contribution in [0.1, 0.15) is 19.4 Å². The summed E-state index contributed by atoms with van der Waals surface area (Å²) in [5.41, 5.74) is -0.823. The highest BCUT2D eigenvalue weighted by atomic mass is 16.6. The van der Waals surface area contributed by atoms with Crippen molar-refractivity contribution in [3.63, 3.8) is 0 Å². The maximum absolute atomic E-state index is 11.4. The van der Waals surface area contributed by atoms with Crippen molar-refractivity contribution in [2.45, 2.75) is 32.2 Å². The number of hydrogen-bond donors (Lipinski definition) is 2. The zero-order valence-corrected chi connectivity index (χ0v) is 12.5. The highest BCUT2D eigenvalue weighted by Crippen LogP contribution is 2.15. The van der Waals surface area contributed by atoms with E-state index in [1.54, 1.807) is 26.2 Å². The monoisotopic (exact) mass is 298 g/mol. The van der Waals surface area contributed by atoms with E-state index in [1.165, 1.54) is 6.92 Å². The van der Waals surface area contributed by atoms with Gasteiger partial charge in [0.2, 0.25) is 0 Å². The molecule has 0 aliphatic carbocycles. The number of aliphatic hydroxyl groups excluding tert-OH is 1. The highest BCUT2D eigenvalue weighted by Gasteiger charge is 2.37. The molecule has 1 aromatic rings. The van der Waals surface area contributed by atoms with Crippen molar-refractivity contribution in [2.75, 3.05) is 20.3 Å². The number of esters is 1. The topological polar surface area (TPSA) is 85.2 Å². The third-order valence-electron chi connectivity index (χ3n) is 2.92. The Balaban J connectivity index is 2.47. The number of benzene rings is 1. The molecule has 0 saturated heterocycles. The molecule has 0 unspecified atom stereocenters. The van der Waals surface area contributed by atoms with Crippen LogP contribution in [-0.2, 0) is 20.9 Å². The third-order valence-corrected chi connectivity index (χ3v) is 2.92. The summed E-state index contributed by atoms with van der Waals surface area (Å²) < 4.78 is 15.1. The summed E-state index contributed by atoms with van der Waals surface area (Å²) in [5.74, 6) is -0.126. The van der Waals surface area contributed by atoms with Gasteiger partial charge in [-0.1, -0.05) is 12.1 Å². The Morgan fingerprint density at radius 2 is 1.95 bits per heavy atom. The normalized spacial score (nSPS) is 15.1. The van der Waals surface area contributed by atoms with Crippen LogP contribution in [-0.4, -0.2) is 48.2 Å². The van der Waals surface area contributed by atoms with Gasteiger partial charge in [-0.05, 0) is 31.5 Å². The average molecular weight is 298 g/mol. The second-order valence-corrected chi connectivity index (χ2v) is 4.85. The van der Waals surface area contributed by atoms with Gasteiger partial charge >= 0.3 is 5.97 Å². The highest BCUT2D eigenvalue weighted by molar-refractivity contribution is 5.75. The van der Waals surface area contributed by atoms with Gasteiger partial charge in [0.25, 0.3) is 0 Å². The molecule has 0 bridgehead atoms. The molecule has 0 radical (unpaired) electrons. The minimum atomic E-state index is -1.71. The molecule has 2 atom stereocenters. The lowest BCUT2D eigenvalue weighted by molar-refractivity contribution is -0.174. The van der Waals surface area contributed by atoms with E-state index in [-0.39, 0.29) is 19.8 Å². The van der Waals surface area contributed by atoms with Crippen molar-refractivity contribution < 1.29 is 29.2 Å². The molecular weight excluding hydrogens is 276 g/mol. The summed E-state index contributed by atoms with van der Waals surface area (Å²) in [7, 11) is 1.58. The van der Waals surface area contributed by atoms with E-state index >= 15 is 0 Å². The Bertz CT molecular complexity index is 440. The molecule has 0 saturated carbocycles. The molecule has 0 aliphatic heterocycles. The maximum Gasteiger partial charge on any atom is 0.338 e. The number of rotatable bonds is 8. The quantitative estimate of drug-likeness (QED) is 0.693. The fraction of sp³-hybridized carbons (Fsp3) is 0.533. The molecule has 2 N–H and O–H groups in total. The second kappa shape index (κ2) is 7.97. The van der Waals surface area contributed by atoms with Crippen molar-refractivity contribution in [1.29, 1.82) is 0 Å². The third kappa shape index (κ3) is 5.34. The number of carbonyl (C=O) groups is 1. The summed E-state index contributed by atoms with van der Waals surface area (Å²) in [6.07, 6.45) is -1.65. The lowest BCUT2D eigenvalue weighted by Gasteiger charge is -2.27. The van der Waals surface area contributed by atoms with E-state index < -0.39 is 17.7 Å². The van der Waals surface area contributed by atoms with Crippen LogP contribution in [0.5, 0.6) is 5.75 Å². The summed E-state index contributed by atoms with van der Waals surface area (Å²) >= 11 is 0. The predicted molar refractivity (Wildman–Crippen MR) is 75.9 cm³/mol. The lowest BCUT2D eigenvalue weighted by atomic mass is 10.0. The molecule has 0 spiro atoms. The maximum atomic E-state index is 11.4. The molecule has 0 aliphatic rings. The Morgan fingerprint density at radius 3 is 2.48 bits per heavy atom. The Hall–Kier alpha value is -1.63. The summed E-state index contributed by atoms with van der Waals surface area (Å²) in [6, 6.07) is 7.25. The number of carbonyl (C=O) groups excluding carboxylic acids is 1. The average Bonchev–Trinajstić information content (AvgIpc) is 2.47. The van der Waals surface area contributed by atoms with Gasteiger partial charge in [-0.15, -0.1) is 0 Å². The van der Waals surface area contributed by atoms with Crippen LogP contribution >= 0.6 is 0 Å². The van der Waals surface area contributed by atoms with Crippen LogP contribution in [0.3, 0.4) is 0 Å². The molecule has 0 heterocycles. The van der Waals surface area contributed by atoms with E-state index in [9.17, 15) is 15.0 Å². The molecule has 6 nitrogen and oxygen atoms in total. The Labute approximate surface area is 124 Å². The largest absolute Gasteiger partial charge is 0.497 e. The van der Waals surface area contributed by atoms with Gasteiger partial charge in [0.05, 0.1) is 26.9 Å². The minimum Gasteiger partial charge on any atom is -0.497 e. The van der Waals surface area contributed by atoms with Gasteiger partial charge < -0.3 is 24.4 Å². The predicted octanol–water partition coefficient (Wildman–Crippen LogP) is 0.887. The van der Waals surface area contributed by atoms with Gasteiger partial charge in [0.15, 0.2) is 6.10 Å². The van der Waals surface area contributed by atoms with E-state index in [0.717, 1.165) is 11.3 Å². The standard InChI is InChI=1S/C15H22O6/c1-4-21-14(17)13(16)15(2,18)10-20-9-11-5-7-12(19-3)8-6-11/h5-8,13,16,18H,4,9-10H2,1-3H3/t13-,15-/m0/s1. The Morgan fingerprint density at radius 1 is 1.33 bits per heavy atom. The van der Waals surface area contributed by atoms with Crippen molar-refractivity contribution >= 4 is 5.97 Å². The second-order valence-electron chi connectivity index (χ2n) is 4.85. The van der Waals surface area contributed by atoms with Crippen molar-refractivity contribution in [1.82, 2.24) is 0 Å². The fourth-order valence-corrected chi connectivity index (χ4v) is 1.65. The first-order valence-electron chi connectivity index (χ1n) is 6.68. The van der Waals surface area contributed by atoms with Gasteiger partial charge in [-0.3, -0.25) is 0 Å². The van der Waals surface area contributed by atoms with Crippen LogP contribution in [0.4, 0.5) is 0 Å². The zero-order chi connectivity index (χ0) is 15.9. The fourth-order valence-electron chi connectivity index (χ4n) is 1.65. The molecule has 0 fully saturated rings. The summed E-state index contributed by atoms with van der Waals surface area (Å²) in [6.45, 7) is 3.13. The molecular formula is C15H22O6. The van der Waals surface area contributed by atoms with E-state index in [0.29, 0.717) is 0 Å². The first-order chi connectivity index (χ1) is 9.90. The number of hydrogen-bond acceptors (Lipinski definition) is 6.